The fourth-order valence-electron chi connectivity index (χ4n) is 3.80. The Hall–Kier alpha value is -2.65. The van der Waals surface area contributed by atoms with Crippen LogP contribution in [0.2, 0.25) is 0 Å². The second-order valence-corrected chi connectivity index (χ2v) is 10.3. The van der Waals surface area contributed by atoms with E-state index in [0.717, 1.165) is 58.9 Å². The summed E-state index contributed by atoms with van der Waals surface area (Å²) in [5.74, 6) is 1.19. The lowest BCUT2D eigenvalue weighted by Crippen LogP contribution is -2.31. The number of nitrogens with zero attached hydrogens (tertiary/aromatic N) is 4. The number of anilines is 1. The molecule has 4 rings (SSSR count). The predicted molar refractivity (Wildman–Crippen MR) is 134 cm³/mol. The zero-order valence-electron chi connectivity index (χ0n) is 19.0. The number of benzene rings is 1. The van der Waals surface area contributed by atoms with Crippen molar-refractivity contribution < 1.29 is 9.59 Å². The number of carbonyl (C=O) groups excluding carboxylic acids is 2. The van der Waals surface area contributed by atoms with Crippen molar-refractivity contribution in [1.82, 2.24) is 20.1 Å². The van der Waals surface area contributed by atoms with E-state index in [0.29, 0.717) is 12.3 Å². The van der Waals surface area contributed by atoms with Gasteiger partial charge in [0.1, 0.15) is 0 Å². The van der Waals surface area contributed by atoms with Gasteiger partial charge in [-0.2, -0.15) is 0 Å². The van der Waals surface area contributed by atoms with Crippen molar-refractivity contribution in [2.75, 3.05) is 30.3 Å². The molecule has 1 aromatic carbocycles. The number of piperidine rings is 1. The third-order valence-corrected chi connectivity index (χ3v) is 7.68. The molecule has 0 bridgehead atoms. The first-order valence-corrected chi connectivity index (χ1v) is 13.1. The molecule has 1 amide bonds. The second kappa shape index (κ2) is 11.0. The second-order valence-electron chi connectivity index (χ2n) is 8.21. The van der Waals surface area contributed by atoms with E-state index in [9.17, 15) is 9.59 Å². The Morgan fingerprint density at radius 3 is 2.55 bits per heavy atom. The molecule has 0 aliphatic carbocycles. The summed E-state index contributed by atoms with van der Waals surface area (Å²) in [5, 5.41) is 12.5. The smallest absolute Gasteiger partial charge is 0.232 e. The van der Waals surface area contributed by atoms with Crippen LogP contribution in [0.3, 0.4) is 0 Å². The van der Waals surface area contributed by atoms with Gasteiger partial charge in [0.15, 0.2) is 10.9 Å². The summed E-state index contributed by atoms with van der Waals surface area (Å²) < 4.78 is 2.08. The monoisotopic (exact) mass is 483 g/mol. The topological polar surface area (TPSA) is 80.1 Å². The molecule has 0 saturated carbocycles. The minimum atomic E-state index is -0.0409. The number of aromatic nitrogens is 3. The number of amides is 1. The first-order chi connectivity index (χ1) is 16.0. The number of hydrogen-bond acceptors (Lipinski definition) is 7. The molecule has 1 saturated heterocycles. The summed E-state index contributed by atoms with van der Waals surface area (Å²) >= 11 is 2.92. The zero-order valence-corrected chi connectivity index (χ0v) is 20.7. The highest BCUT2D eigenvalue weighted by atomic mass is 32.2. The van der Waals surface area contributed by atoms with Gasteiger partial charge in [-0.25, -0.2) is 0 Å². The van der Waals surface area contributed by atoms with Crippen LogP contribution in [-0.4, -0.2) is 51.8 Å². The lowest BCUT2D eigenvalue weighted by atomic mass is 10.1. The van der Waals surface area contributed by atoms with Gasteiger partial charge in [0, 0.05) is 31.4 Å². The van der Waals surface area contributed by atoms with Crippen molar-refractivity contribution in [1.29, 1.82) is 0 Å². The minimum Gasteiger partial charge on any atom is -0.356 e. The predicted octanol–water partition coefficient (Wildman–Crippen LogP) is 4.28. The van der Waals surface area contributed by atoms with E-state index in [1.807, 2.05) is 12.1 Å². The highest BCUT2D eigenvalue weighted by Crippen LogP contribution is 2.29. The molecule has 0 atom stereocenters. The van der Waals surface area contributed by atoms with E-state index in [1.165, 1.54) is 42.0 Å². The maximum atomic E-state index is 12.9. The molecule has 1 fully saturated rings. The molecule has 0 unspecified atom stereocenters. The zero-order chi connectivity index (χ0) is 23.2. The van der Waals surface area contributed by atoms with Gasteiger partial charge in [-0.15, -0.1) is 21.5 Å². The van der Waals surface area contributed by atoms with Crippen LogP contribution in [0.5, 0.6) is 0 Å². The lowest BCUT2D eigenvalue weighted by Gasteiger charge is -2.27. The number of thiophene rings is 1. The molecular formula is C24H29N5O2S2. The summed E-state index contributed by atoms with van der Waals surface area (Å²) in [7, 11) is 0. The van der Waals surface area contributed by atoms with Crippen molar-refractivity contribution in [3.05, 3.63) is 51.7 Å². The molecule has 3 aromatic rings. The van der Waals surface area contributed by atoms with Gasteiger partial charge in [0.05, 0.1) is 16.3 Å². The van der Waals surface area contributed by atoms with Crippen LogP contribution in [0, 0.1) is 6.92 Å². The van der Waals surface area contributed by atoms with E-state index in [2.05, 4.69) is 56.2 Å². The van der Waals surface area contributed by atoms with Crippen LogP contribution in [0.15, 0.2) is 41.6 Å². The Kier molecular flexibility index (Phi) is 7.82. The standard InChI is InChI=1S/C24H29N5O2S2/c1-17-6-8-19(9-7-17)29-23(28-14-4-3-5-15-28)26-27-24(29)32-16-21(31)22-11-10-20(33-22)12-13-25-18(2)30/h6-11H,3-5,12-16H2,1-2H3,(H,25,30). The molecule has 3 heterocycles. The third kappa shape index (κ3) is 6.03. The Bertz CT molecular complexity index is 1100. The van der Waals surface area contributed by atoms with Crippen molar-refractivity contribution in [2.45, 2.75) is 44.7 Å². The number of hydrogen-bond donors (Lipinski definition) is 1. The largest absolute Gasteiger partial charge is 0.356 e. The SMILES string of the molecule is CC(=O)NCCc1ccc(C(=O)CSc2nnc(N3CCCCC3)n2-c2ccc(C)cc2)s1. The van der Waals surface area contributed by atoms with E-state index in [-0.39, 0.29) is 11.7 Å². The van der Waals surface area contributed by atoms with E-state index in [1.54, 1.807) is 0 Å². The van der Waals surface area contributed by atoms with Crippen molar-refractivity contribution in [2.24, 2.45) is 0 Å². The number of Topliss-reactive ketones (excluding diaryl/α,β-unsaturated/α-hetero) is 1. The molecule has 0 spiro atoms. The molecule has 1 N–H and O–H groups in total. The maximum Gasteiger partial charge on any atom is 0.232 e. The van der Waals surface area contributed by atoms with Crippen molar-refractivity contribution in [3.63, 3.8) is 0 Å². The van der Waals surface area contributed by atoms with Crippen LogP contribution in [0.25, 0.3) is 5.69 Å². The quantitative estimate of drug-likeness (QED) is 0.361. The molecule has 1 aliphatic rings. The maximum absolute atomic E-state index is 12.9. The molecule has 7 nitrogen and oxygen atoms in total. The van der Waals surface area contributed by atoms with Crippen LogP contribution in [0.4, 0.5) is 5.95 Å². The Morgan fingerprint density at radius 2 is 1.82 bits per heavy atom. The molecule has 9 heteroatoms. The Morgan fingerprint density at radius 1 is 1.06 bits per heavy atom. The first kappa shape index (κ1) is 23.5. The van der Waals surface area contributed by atoms with Gasteiger partial charge in [-0.3, -0.25) is 14.2 Å². The summed E-state index contributed by atoms with van der Waals surface area (Å²) in [5.41, 5.74) is 2.21. The minimum absolute atomic E-state index is 0.0409. The van der Waals surface area contributed by atoms with Gasteiger partial charge in [0.2, 0.25) is 11.9 Å². The number of rotatable bonds is 9. The average molecular weight is 484 g/mol. The lowest BCUT2D eigenvalue weighted by molar-refractivity contribution is -0.118. The number of ketones is 1. The van der Waals surface area contributed by atoms with Crippen LogP contribution in [-0.2, 0) is 11.2 Å². The molecule has 2 aromatic heterocycles. The molecule has 33 heavy (non-hydrogen) atoms. The number of aryl methyl sites for hydroxylation is 1. The summed E-state index contributed by atoms with van der Waals surface area (Å²) in [4.78, 5) is 28.0. The average Bonchev–Trinajstić information content (AvgIpc) is 3.46. The number of nitrogens with one attached hydrogen (secondary N) is 1. The first-order valence-electron chi connectivity index (χ1n) is 11.3. The number of carbonyl (C=O) groups is 2. The van der Waals surface area contributed by atoms with Gasteiger partial charge < -0.3 is 10.2 Å². The summed E-state index contributed by atoms with van der Waals surface area (Å²) in [6, 6.07) is 12.2. The van der Waals surface area contributed by atoms with Gasteiger partial charge >= 0.3 is 0 Å². The molecule has 1 aliphatic heterocycles. The van der Waals surface area contributed by atoms with Gasteiger partial charge in [-0.05, 0) is 56.9 Å². The fourth-order valence-corrected chi connectivity index (χ4v) is 5.67. The Labute approximate surface area is 202 Å². The van der Waals surface area contributed by atoms with E-state index < -0.39 is 0 Å². The molecule has 0 radical (unpaired) electrons. The Balaban J connectivity index is 1.48. The highest BCUT2D eigenvalue weighted by molar-refractivity contribution is 7.99. The van der Waals surface area contributed by atoms with E-state index >= 15 is 0 Å². The highest BCUT2D eigenvalue weighted by Gasteiger charge is 2.22. The van der Waals surface area contributed by atoms with Crippen LogP contribution >= 0.6 is 23.1 Å². The molecular weight excluding hydrogens is 454 g/mol. The van der Waals surface area contributed by atoms with Crippen LogP contribution in [0.1, 0.15) is 46.3 Å². The van der Waals surface area contributed by atoms with Crippen LogP contribution < -0.4 is 10.2 Å². The normalized spacial score (nSPS) is 13.8. The summed E-state index contributed by atoms with van der Waals surface area (Å²) in [6.07, 6.45) is 4.29. The van der Waals surface area contributed by atoms with Crippen molar-refractivity contribution >= 4 is 40.7 Å². The van der Waals surface area contributed by atoms with Gasteiger partial charge in [0.25, 0.3) is 0 Å². The fraction of sp³-hybridized carbons (Fsp3) is 0.417. The van der Waals surface area contributed by atoms with Crippen molar-refractivity contribution in [3.8, 4) is 5.69 Å². The van der Waals surface area contributed by atoms with E-state index in [4.69, 9.17) is 0 Å². The van der Waals surface area contributed by atoms with Gasteiger partial charge in [-0.1, -0.05) is 29.5 Å². The third-order valence-electron chi connectivity index (χ3n) is 5.56. The number of thioether (sulfide) groups is 1. The molecule has 174 valence electrons. The summed E-state index contributed by atoms with van der Waals surface area (Å²) in [6.45, 7) is 6.11.